The van der Waals surface area contributed by atoms with Crippen LogP contribution < -0.4 is 0 Å². The molecule has 2 heteroatoms. The van der Waals surface area contributed by atoms with Crippen LogP contribution in [0.3, 0.4) is 0 Å². The van der Waals surface area contributed by atoms with Crippen LogP contribution in [-0.2, 0) is 9.47 Å². The predicted octanol–water partition coefficient (Wildman–Crippen LogP) is 2.25. The predicted molar refractivity (Wildman–Crippen MR) is 57.1 cm³/mol. The van der Waals surface area contributed by atoms with Crippen molar-refractivity contribution in [2.24, 2.45) is 5.41 Å². The zero-order valence-corrected chi connectivity index (χ0v) is 8.92. The van der Waals surface area contributed by atoms with Gasteiger partial charge in [0.2, 0.25) is 0 Å². The van der Waals surface area contributed by atoms with Gasteiger partial charge in [-0.05, 0) is 31.8 Å². The molecule has 3 aliphatic rings. The van der Waals surface area contributed by atoms with Crippen molar-refractivity contribution in [1.29, 1.82) is 0 Å². The Balaban J connectivity index is 1.97. The molecule has 15 heavy (non-hydrogen) atoms. The quantitative estimate of drug-likeness (QED) is 0.445. The van der Waals surface area contributed by atoms with Crippen LogP contribution in [0, 0.1) is 17.8 Å². The van der Waals surface area contributed by atoms with E-state index in [1.165, 1.54) is 12.0 Å². The summed E-state index contributed by atoms with van der Waals surface area (Å²) in [5.74, 6) is 2.59. The molecule has 1 aliphatic heterocycles. The van der Waals surface area contributed by atoms with Gasteiger partial charge in [0.25, 0.3) is 0 Å². The number of ether oxygens (including phenoxy) is 2. The first-order valence-corrected chi connectivity index (χ1v) is 5.77. The molecule has 0 bridgehead atoms. The van der Waals surface area contributed by atoms with Gasteiger partial charge < -0.3 is 9.47 Å². The molecule has 1 heterocycles. The monoisotopic (exact) mass is 204 g/mol. The molecule has 80 valence electrons. The molecular formula is C13H16O2. The third-order valence-electron chi connectivity index (χ3n) is 4.01. The van der Waals surface area contributed by atoms with E-state index in [1.807, 2.05) is 0 Å². The molecule has 2 aliphatic carbocycles. The van der Waals surface area contributed by atoms with Crippen molar-refractivity contribution in [3.8, 4) is 12.3 Å². The zero-order valence-electron chi connectivity index (χ0n) is 8.92. The van der Waals surface area contributed by atoms with Crippen molar-refractivity contribution in [3.05, 3.63) is 11.6 Å². The van der Waals surface area contributed by atoms with Gasteiger partial charge in [-0.15, -0.1) is 6.42 Å². The van der Waals surface area contributed by atoms with Gasteiger partial charge in [-0.3, -0.25) is 0 Å². The Labute approximate surface area is 90.6 Å². The van der Waals surface area contributed by atoms with Crippen molar-refractivity contribution >= 4 is 0 Å². The second kappa shape index (κ2) is 3.10. The van der Waals surface area contributed by atoms with Gasteiger partial charge in [0.15, 0.2) is 5.79 Å². The highest BCUT2D eigenvalue weighted by Gasteiger charge is 2.47. The molecular weight excluding hydrogens is 188 g/mol. The summed E-state index contributed by atoms with van der Waals surface area (Å²) < 4.78 is 11.4. The van der Waals surface area contributed by atoms with Gasteiger partial charge in [-0.25, -0.2) is 0 Å². The van der Waals surface area contributed by atoms with Crippen molar-refractivity contribution in [2.75, 3.05) is 13.2 Å². The van der Waals surface area contributed by atoms with Crippen LogP contribution >= 0.6 is 0 Å². The van der Waals surface area contributed by atoms with E-state index in [9.17, 15) is 0 Å². The summed E-state index contributed by atoms with van der Waals surface area (Å²) in [6.07, 6.45) is 13.3. The van der Waals surface area contributed by atoms with E-state index in [2.05, 4.69) is 12.0 Å². The lowest BCUT2D eigenvalue weighted by Crippen LogP contribution is -2.36. The summed E-state index contributed by atoms with van der Waals surface area (Å²) in [7, 11) is 0. The Bertz CT molecular complexity index is 344. The third-order valence-corrected chi connectivity index (χ3v) is 4.01. The van der Waals surface area contributed by atoms with E-state index < -0.39 is 5.79 Å². The summed E-state index contributed by atoms with van der Waals surface area (Å²) >= 11 is 0. The van der Waals surface area contributed by atoms with Crippen molar-refractivity contribution < 1.29 is 9.47 Å². The summed E-state index contributed by atoms with van der Waals surface area (Å²) in [5, 5.41) is 0. The second-order valence-electron chi connectivity index (χ2n) is 4.76. The number of allylic oxidation sites excluding steroid dienone is 1. The molecule has 1 saturated heterocycles. The SMILES string of the molecule is C#CC12CCCC1=CC1(CC2)OCCO1. The molecule has 1 unspecified atom stereocenters. The summed E-state index contributed by atoms with van der Waals surface area (Å²) in [4.78, 5) is 0. The minimum absolute atomic E-state index is 0.0422. The molecule has 2 fully saturated rings. The molecule has 2 nitrogen and oxygen atoms in total. The van der Waals surface area contributed by atoms with Crippen LogP contribution in [0.25, 0.3) is 0 Å². The summed E-state index contributed by atoms with van der Waals surface area (Å²) in [6, 6.07) is 0. The molecule has 0 aromatic rings. The minimum atomic E-state index is -0.417. The molecule has 1 spiro atoms. The summed E-state index contributed by atoms with van der Waals surface area (Å²) in [5.41, 5.74) is 1.43. The normalized spacial score (nSPS) is 37.4. The number of terminal acetylenes is 1. The van der Waals surface area contributed by atoms with Gasteiger partial charge in [-0.1, -0.05) is 11.5 Å². The molecule has 0 radical (unpaired) electrons. The molecule has 0 aromatic heterocycles. The largest absolute Gasteiger partial charge is 0.344 e. The molecule has 3 rings (SSSR count). The van der Waals surface area contributed by atoms with E-state index in [4.69, 9.17) is 15.9 Å². The Morgan fingerprint density at radius 3 is 2.73 bits per heavy atom. The van der Waals surface area contributed by atoms with E-state index in [0.717, 1.165) is 25.7 Å². The average molecular weight is 204 g/mol. The lowest BCUT2D eigenvalue weighted by molar-refractivity contribution is -0.130. The van der Waals surface area contributed by atoms with Crippen LogP contribution in [0.2, 0.25) is 0 Å². The van der Waals surface area contributed by atoms with E-state index in [1.54, 1.807) is 0 Å². The fraction of sp³-hybridized carbons (Fsp3) is 0.692. The maximum absolute atomic E-state index is 5.71. The van der Waals surface area contributed by atoms with Gasteiger partial charge in [0.05, 0.1) is 18.6 Å². The van der Waals surface area contributed by atoms with Crippen molar-refractivity contribution in [3.63, 3.8) is 0 Å². The van der Waals surface area contributed by atoms with Crippen molar-refractivity contribution in [2.45, 2.75) is 37.9 Å². The van der Waals surface area contributed by atoms with Crippen LogP contribution in [-0.4, -0.2) is 19.0 Å². The van der Waals surface area contributed by atoms with Crippen LogP contribution in [0.4, 0.5) is 0 Å². The topological polar surface area (TPSA) is 18.5 Å². The Kier molecular flexibility index (Phi) is 1.95. The maximum atomic E-state index is 5.71. The van der Waals surface area contributed by atoms with E-state index >= 15 is 0 Å². The first-order valence-electron chi connectivity index (χ1n) is 5.77. The van der Waals surface area contributed by atoms with Crippen LogP contribution in [0.15, 0.2) is 11.6 Å². The minimum Gasteiger partial charge on any atom is -0.344 e. The van der Waals surface area contributed by atoms with E-state index in [0.29, 0.717) is 13.2 Å². The third kappa shape index (κ3) is 1.27. The molecule has 1 saturated carbocycles. The van der Waals surface area contributed by atoms with Gasteiger partial charge >= 0.3 is 0 Å². The smallest absolute Gasteiger partial charge is 0.188 e. The Morgan fingerprint density at radius 2 is 2.00 bits per heavy atom. The highest BCUT2D eigenvalue weighted by molar-refractivity contribution is 5.34. The molecule has 1 atom stereocenters. The summed E-state index contributed by atoms with van der Waals surface area (Å²) in [6.45, 7) is 1.43. The Hall–Kier alpha value is -0.780. The Morgan fingerprint density at radius 1 is 1.20 bits per heavy atom. The van der Waals surface area contributed by atoms with Crippen molar-refractivity contribution in [1.82, 2.24) is 0 Å². The highest BCUT2D eigenvalue weighted by atomic mass is 16.7. The molecule has 0 amide bonds. The lowest BCUT2D eigenvalue weighted by atomic mass is 9.73. The van der Waals surface area contributed by atoms with Gasteiger partial charge in [0.1, 0.15) is 0 Å². The highest BCUT2D eigenvalue weighted by Crippen LogP contribution is 2.52. The fourth-order valence-corrected chi connectivity index (χ4v) is 3.14. The molecule has 0 aromatic carbocycles. The average Bonchev–Trinajstić information content (AvgIpc) is 2.86. The first kappa shape index (κ1) is 9.45. The maximum Gasteiger partial charge on any atom is 0.188 e. The molecule has 0 N–H and O–H groups in total. The number of fused-ring (bicyclic) bond motifs is 1. The fourth-order valence-electron chi connectivity index (χ4n) is 3.14. The standard InChI is InChI=1S/C13H16O2/c1-2-12-5-3-4-11(12)10-13(7-6-12)14-8-9-15-13/h1,10H,3-9H2. The number of hydrogen-bond donors (Lipinski definition) is 0. The van der Waals surface area contributed by atoms with Crippen LogP contribution in [0.1, 0.15) is 32.1 Å². The number of hydrogen-bond acceptors (Lipinski definition) is 2. The van der Waals surface area contributed by atoms with Gasteiger partial charge in [-0.2, -0.15) is 0 Å². The number of rotatable bonds is 0. The lowest BCUT2D eigenvalue weighted by Gasteiger charge is -2.37. The first-order chi connectivity index (χ1) is 7.29. The zero-order chi connectivity index (χ0) is 10.4. The van der Waals surface area contributed by atoms with Crippen LogP contribution in [0.5, 0.6) is 0 Å². The second-order valence-corrected chi connectivity index (χ2v) is 4.76. The van der Waals surface area contributed by atoms with E-state index in [-0.39, 0.29) is 5.41 Å². The van der Waals surface area contributed by atoms with Gasteiger partial charge in [0, 0.05) is 6.42 Å².